The van der Waals surface area contributed by atoms with Crippen LogP contribution in [0.25, 0.3) is 0 Å². The number of carbonyl (C=O) groups excluding carboxylic acids is 1. The van der Waals surface area contributed by atoms with Gasteiger partial charge in [-0.05, 0) is 76.2 Å². The number of rotatable bonds is 7. The second kappa shape index (κ2) is 10.9. The van der Waals surface area contributed by atoms with Crippen molar-refractivity contribution in [3.05, 3.63) is 41.2 Å². The van der Waals surface area contributed by atoms with Gasteiger partial charge in [-0.2, -0.15) is 5.10 Å². The number of aryl methyl sites for hydroxylation is 2. The lowest BCUT2D eigenvalue weighted by Crippen LogP contribution is -2.50. The van der Waals surface area contributed by atoms with Gasteiger partial charge in [-0.15, -0.1) is 0 Å². The molecule has 0 saturated carbocycles. The van der Waals surface area contributed by atoms with Crippen molar-refractivity contribution < 1.29 is 13.2 Å². The van der Waals surface area contributed by atoms with Crippen molar-refractivity contribution >= 4 is 21.6 Å². The number of sulfonamides is 1. The van der Waals surface area contributed by atoms with Crippen molar-refractivity contribution in [2.24, 2.45) is 7.05 Å². The molecule has 9 heteroatoms. The number of hydrogen-bond acceptors (Lipinski definition) is 5. The first kappa shape index (κ1) is 26.7. The number of hydrogen-bond donors (Lipinski definition) is 0. The fourth-order valence-corrected chi connectivity index (χ4v) is 7.38. The highest BCUT2D eigenvalue weighted by atomic mass is 32.2. The van der Waals surface area contributed by atoms with Gasteiger partial charge < -0.3 is 9.80 Å². The number of nitrogens with zero attached hydrogens (tertiary/aromatic N) is 5. The minimum absolute atomic E-state index is 0.150. The van der Waals surface area contributed by atoms with E-state index in [2.05, 4.69) is 23.8 Å². The zero-order valence-electron chi connectivity index (χ0n) is 22.4. The molecule has 198 valence electrons. The molecule has 1 aromatic carbocycles. The van der Waals surface area contributed by atoms with Crippen molar-refractivity contribution in [3.63, 3.8) is 0 Å². The first-order valence-electron chi connectivity index (χ1n) is 13.2. The van der Waals surface area contributed by atoms with Crippen LogP contribution in [0.3, 0.4) is 0 Å². The van der Waals surface area contributed by atoms with Gasteiger partial charge in [0.2, 0.25) is 5.91 Å². The smallest absolute Gasteiger partial charge is 0.268 e. The number of anilines is 1. The number of benzene rings is 1. The molecule has 0 bridgehead atoms. The topological polar surface area (TPSA) is 78.8 Å². The first-order valence-corrected chi connectivity index (χ1v) is 14.7. The SMILES string of the molecule is Cc1nn(C)c(C)c1S(=O)(=O)N(CC(=O)N1CCC(N2CCCCC2)CC1)c1ccc(C(C)C)cc1. The summed E-state index contributed by atoms with van der Waals surface area (Å²) in [5.41, 5.74) is 2.62. The van der Waals surface area contributed by atoms with Gasteiger partial charge in [0.15, 0.2) is 0 Å². The normalized spacial score (nSPS) is 18.1. The van der Waals surface area contributed by atoms with Gasteiger partial charge in [-0.25, -0.2) is 8.42 Å². The molecule has 0 atom stereocenters. The van der Waals surface area contributed by atoms with Crippen molar-refractivity contribution in [3.8, 4) is 0 Å². The highest BCUT2D eigenvalue weighted by Crippen LogP contribution is 2.30. The van der Waals surface area contributed by atoms with Crippen LogP contribution in [0.2, 0.25) is 0 Å². The van der Waals surface area contributed by atoms with Crippen LogP contribution in [0.5, 0.6) is 0 Å². The summed E-state index contributed by atoms with van der Waals surface area (Å²) < 4.78 is 30.8. The van der Waals surface area contributed by atoms with Crippen molar-refractivity contribution in [2.45, 2.75) is 76.7 Å². The second-order valence-corrected chi connectivity index (χ2v) is 12.4. The van der Waals surface area contributed by atoms with E-state index in [-0.39, 0.29) is 17.3 Å². The minimum atomic E-state index is -4.00. The lowest BCUT2D eigenvalue weighted by atomic mass is 10.00. The molecule has 0 radical (unpaired) electrons. The Balaban J connectivity index is 1.57. The summed E-state index contributed by atoms with van der Waals surface area (Å²) >= 11 is 0. The van der Waals surface area contributed by atoms with Gasteiger partial charge in [0.25, 0.3) is 10.0 Å². The minimum Gasteiger partial charge on any atom is -0.341 e. The molecule has 0 N–H and O–H groups in total. The van der Waals surface area contributed by atoms with Crippen LogP contribution in [0.15, 0.2) is 29.2 Å². The zero-order chi connectivity index (χ0) is 26.0. The molecule has 3 heterocycles. The van der Waals surface area contributed by atoms with Gasteiger partial charge in [0, 0.05) is 26.2 Å². The van der Waals surface area contributed by atoms with Crippen molar-refractivity contribution in [1.29, 1.82) is 0 Å². The van der Waals surface area contributed by atoms with E-state index in [1.165, 1.54) is 23.6 Å². The van der Waals surface area contributed by atoms with E-state index in [9.17, 15) is 13.2 Å². The fourth-order valence-electron chi connectivity index (χ4n) is 5.56. The summed E-state index contributed by atoms with van der Waals surface area (Å²) in [5, 5.41) is 4.32. The lowest BCUT2D eigenvalue weighted by Gasteiger charge is -2.40. The van der Waals surface area contributed by atoms with E-state index in [1.807, 2.05) is 29.2 Å². The third kappa shape index (κ3) is 5.47. The van der Waals surface area contributed by atoms with Crippen LogP contribution >= 0.6 is 0 Å². The molecular formula is C27H41N5O3S. The van der Waals surface area contributed by atoms with Crippen LogP contribution in [-0.2, 0) is 21.9 Å². The van der Waals surface area contributed by atoms with E-state index in [1.54, 1.807) is 25.6 Å². The van der Waals surface area contributed by atoms with Crippen LogP contribution in [0.4, 0.5) is 5.69 Å². The molecule has 2 fully saturated rings. The van der Waals surface area contributed by atoms with Crippen molar-refractivity contribution in [2.75, 3.05) is 37.0 Å². The monoisotopic (exact) mass is 515 g/mol. The fraction of sp³-hybridized carbons (Fsp3) is 0.630. The lowest BCUT2D eigenvalue weighted by molar-refractivity contribution is -0.131. The molecule has 2 aliphatic rings. The Morgan fingerprint density at radius 2 is 1.64 bits per heavy atom. The van der Waals surface area contributed by atoms with Gasteiger partial charge in [0.05, 0.1) is 17.1 Å². The molecule has 4 rings (SSSR count). The molecule has 0 aliphatic carbocycles. The van der Waals surface area contributed by atoms with E-state index < -0.39 is 10.0 Å². The number of likely N-dealkylation sites (tertiary alicyclic amines) is 2. The summed E-state index contributed by atoms with van der Waals surface area (Å²) in [4.78, 5) is 18.1. The second-order valence-electron chi connectivity index (χ2n) is 10.6. The molecular weight excluding hydrogens is 474 g/mol. The third-order valence-electron chi connectivity index (χ3n) is 7.84. The average molecular weight is 516 g/mol. The van der Waals surface area contributed by atoms with Crippen molar-refractivity contribution in [1.82, 2.24) is 19.6 Å². The van der Waals surface area contributed by atoms with Gasteiger partial charge in [0.1, 0.15) is 11.4 Å². The maximum absolute atomic E-state index is 14.0. The number of piperidine rings is 2. The Hall–Kier alpha value is -2.39. The Bertz CT molecular complexity index is 1160. The molecule has 0 unspecified atom stereocenters. The molecule has 36 heavy (non-hydrogen) atoms. The number of aromatic nitrogens is 2. The Morgan fingerprint density at radius 3 is 2.17 bits per heavy atom. The highest BCUT2D eigenvalue weighted by molar-refractivity contribution is 7.93. The molecule has 2 aliphatic heterocycles. The van der Waals surface area contributed by atoms with Gasteiger partial charge in [-0.3, -0.25) is 13.8 Å². The van der Waals surface area contributed by atoms with Crippen LogP contribution in [0.1, 0.15) is 68.8 Å². The molecule has 1 amide bonds. The summed E-state index contributed by atoms with van der Waals surface area (Å²) in [7, 11) is -2.26. The first-order chi connectivity index (χ1) is 17.1. The molecule has 0 spiro atoms. The summed E-state index contributed by atoms with van der Waals surface area (Å²) in [6.07, 6.45) is 5.72. The largest absolute Gasteiger partial charge is 0.341 e. The predicted octanol–water partition coefficient (Wildman–Crippen LogP) is 3.83. The summed E-state index contributed by atoms with van der Waals surface area (Å²) in [6, 6.07) is 8.03. The Morgan fingerprint density at radius 1 is 1.03 bits per heavy atom. The van der Waals surface area contributed by atoms with E-state index in [4.69, 9.17) is 0 Å². The summed E-state index contributed by atoms with van der Waals surface area (Å²) in [6.45, 7) is 11.1. The van der Waals surface area contributed by atoms with E-state index in [0.717, 1.165) is 31.5 Å². The number of carbonyl (C=O) groups is 1. The van der Waals surface area contributed by atoms with Crippen LogP contribution in [0, 0.1) is 13.8 Å². The number of amides is 1. The van der Waals surface area contributed by atoms with Crippen LogP contribution in [-0.4, -0.2) is 72.7 Å². The molecule has 2 saturated heterocycles. The van der Waals surface area contributed by atoms with E-state index in [0.29, 0.717) is 42.1 Å². The average Bonchev–Trinajstić information content (AvgIpc) is 3.14. The molecule has 1 aromatic heterocycles. The maximum Gasteiger partial charge on any atom is 0.268 e. The Kier molecular flexibility index (Phi) is 8.09. The van der Waals surface area contributed by atoms with Gasteiger partial charge in [-0.1, -0.05) is 32.4 Å². The Labute approximate surface area is 216 Å². The van der Waals surface area contributed by atoms with E-state index >= 15 is 0 Å². The van der Waals surface area contributed by atoms with Crippen LogP contribution < -0.4 is 4.31 Å². The zero-order valence-corrected chi connectivity index (χ0v) is 23.2. The standard InChI is InChI=1S/C27H41N5O3S/c1-20(2)23-9-11-25(12-10-23)32(36(34,35)27-21(3)28-29(5)22(27)4)19-26(33)31-17-13-24(14-18-31)30-15-7-6-8-16-30/h9-12,20,24H,6-8,13-19H2,1-5H3. The maximum atomic E-state index is 14.0. The molecule has 2 aromatic rings. The highest BCUT2D eigenvalue weighted by Gasteiger charge is 2.35. The summed E-state index contributed by atoms with van der Waals surface area (Å²) in [5.74, 6) is 0.178. The predicted molar refractivity (Wildman–Crippen MR) is 143 cm³/mol. The quantitative estimate of drug-likeness (QED) is 0.560. The van der Waals surface area contributed by atoms with Gasteiger partial charge >= 0.3 is 0 Å². The molecule has 8 nitrogen and oxygen atoms in total. The third-order valence-corrected chi connectivity index (χ3v) is 9.87.